The summed E-state index contributed by atoms with van der Waals surface area (Å²) >= 11 is 0. The fourth-order valence-electron chi connectivity index (χ4n) is 4.19. The number of anilines is 1. The van der Waals surface area contributed by atoms with Crippen LogP contribution in [0.2, 0.25) is 0 Å². The quantitative estimate of drug-likeness (QED) is 0.339. The Hall–Kier alpha value is -3.85. The maximum Gasteiger partial charge on any atom is 0.264 e. The van der Waals surface area contributed by atoms with Crippen molar-refractivity contribution < 1.29 is 22.7 Å². The molecule has 0 heterocycles. The van der Waals surface area contributed by atoms with Gasteiger partial charge in [-0.1, -0.05) is 60.5 Å². The minimum absolute atomic E-state index is 0.0570. The summed E-state index contributed by atoms with van der Waals surface area (Å²) in [4.78, 5) is 28.7. The molecule has 3 aromatic rings. The van der Waals surface area contributed by atoms with Crippen molar-refractivity contribution in [3.8, 4) is 5.75 Å². The molecule has 0 fully saturated rings. The number of methoxy groups -OCH3 is 1. The van der Waals surface area contributed by atoms with Gasteiger partial charge in [-0.3, -0.25) is 13.9 Å². The molecule has 0 aliphatic carbocycles. The normalized spacial score (nSPS) is 12.8. The van der Waals surface area contributed by atoms with Crippen LogP contribution in [0.15, 0.2) is 77.7 Å². The number of amides is 2. The molecule has 3 aromatic carbocycles. The highest BCUT2D eigenvalue weighted by atomic mass is 32.2. The van der Waals surface area contributed by atoms with E-state index in [2.05, 4.69) is 5.32 Å². The van der Waals surface area contributed by atoms with Crippen molar-refractivity contribution in [2.75, 3.05) is 18.0 Å². The number of benzene rings is 3. The molecule has 2 amide bonds. The molecule has 0 saturated carbocycles. The number of nitrogens with one attached hydrogen (secondary N) is 1. The van der Waals surface area contributed by atoms with E-state index in [0.29, 0.717) is 5.75 Å². The van der Waals surface area contributed by atoms with Crippen molar-refractivity contribution >= 4 is 27.5 Å². The average molecular weight is 566 g/mol. The Labute approximate surface area is 238 Å². The molecule has 3 rings (SSSR count). The molecule has 0 aliphatic heterocycles. The smallest absolute Gasteiger partial charge is 0.264 e. The van der Waals surface area contributed by atoms with Crippen LogP contribution < -0.4 is 14.4 Å². The standard InChI is InChI=1S/C31H39N3O5S/c1-7-24(4)32-31(36)25(5)33(20-26-11-8-10-23(3)18-26)30(35)21-34(27-12-9-13-28(19-27)39-6)40(37,38)29-16-14-22(2)15-17-29/h8-19,24-25H,7,20-21H2,1-6H3,(H,32,36)/t24-,25+/m1/s1. The zero-order chi connectivity index (χ0) is 29.4. The number of sulfonamides is 1. The number of rotatable bonds is 12. The topological polar surface area (TPSA) is 96.0 Å². The van der Waals surface area contributed by atoms with Crippen LogP contribution in [0.1, 0.15) is 43.9 Å². The summed E-state index contributed by atoms with van der Waals surface area (Å²) in [6.07, 6.45) is 0.739. The number of aryl methyl sites for hydroxylation is 2. The molecular weight excluding hydrogens is 526 g/mol. The number of hydrogen-bond acceptors (Lipinski definition) is 5. The van der Waals surface area contributed by atoms with Gasteiger partial charge >= 0.3 is 0 Å². The molecule has 0 bridgehead atoms. The number of carbonyl (C=O) groups excluding carboxylic acids is 2. The third-order valence-electron chi connectivity index (χ3n) is 6.83. The van der Waals surface area contributed by atoms with E-state index >= 15 is 0 Å². The molecular formula is C31H39N3O5S. The predicted molar refractivity (Wildman–Crippen MR) is 158 cm³/mol. The highest BCUT2D eigenvalue weighted by molar-refractivity contribution is 7.92. The van der Waals surface area contributed by atoms with Crippen LogP contribution in [-0.4, -0.2) is 50.9 Å². The average Bonchev–Trinajstić information content (AvgIpc) is 2.94. The van der Waals surface area contributed by atoms with Crippen LogP contribution in [0.5, 0.6) is 5.75 Å². The SMILES string of the molecule is CC[C@@H](C)NC(=O)[C@H](C)N(Cc1cccc(C)c1)C(=O)CN(c1cccc(OC)c1)S(=O)(=O)c1ccc(C)cc1. The van der Waals surface area contributed by atoms with Crippen LogP contribution in [0, 0.1) is 13.8 Å². The van der Waals surface area contributed by atoms with E-state index in [1.807, 2.05) is 52.0 Å². The van der Waals surface area contributed by atoms with Crippen molar-refractivity contribution in [1.82, 2.24) is 10.2 Å². The zero-order valence-electron chi connectivity index (χ0n) is 24.0. The summed E-state index contributed by atoms with van der Waals surface area (Å²) < 4.78 is 34.3. The summed E-state index contributed by atoms with van der Waals surface area (Å²) in [6.45, 7) is 8.99. The van der Waals surface area contributed by atoms with Crippen LogP contribution in [0.4, 0.5) is 5.69 Å². The van der Waals surface area contributed by atoms with Crippen LogP contribution >= 0.6 is 0 Å². The van der Waals surface area contributed by atoms with Gasteiger partial charge in [0.25, 0.3) is 10.0 Å². The Bertz CT molecular complexity index is 1420. The van der Waals surface area contributed by atoms with Crippen molar-refractivity contribution in [1.29, 1.82) is 0 Å². The van der Waals surface area contributed by atoms with Gasteiger partial charge < -0.3 is 15.0 Å². The Morgan fingerprint density at radius 3 is 2.23 bits per heavy atom. The van der Waals surface area contributed by atoms with Crippen molar-refractivity contribution in [3.05, 3.63) is 89.5 Å². The fraction of sp³-hybridized carbons (Fsp3) is 0.355. The summed E-state index contributed by atoms with van der Waals surface area (Å²) in [5, 5.41) is 2.94. The first-order chi connectivity index (χ1) is 19.0. The number of ether oxygens (including phenoxy) is 1. The Morgan fingerprint density at radius 1 is 0.925 bits per heavy atom. The monoisotopic (exact) mass is 565 g/mol. The molecule has 1 N–H and O–H groups in total. The molecule has 0 radical (unpaired) electrons. The maximum atomic E-state index is 14.0. The van der Waals surface area contributed by atoms with E-state index in [9.17, 15) is 18.0 Å². The van der Waals surface area contributed by atoms with Gasteiger partial charge in [-0.2, -0.15) is 0 Å². The molecule has 0 unspecified atom stereocenters. The molecule has 0 aromatic heterocycles. The van der Waals surface area contributed by atoms with Crippen molar-refractivity contribution in [3.63, 3.8) is 0 Å². The molecule has 0 aliphatic rings. The zero-order valence-corrected chi connectivity index (χ0v) is 24.9. The molecule has 9 heteroatoms. The first kappa shape index (κ1) is 30.7. The van der Waals surface area contributed by atoms with Crippen molar-refractivity contribution in [2.45, 2.75) is 64.6 Å². The summed E-state index contributed by atoms with van der Waals surface area (Å²) in [5.41, 5.74) is 3.04. The van der Waals surface area contributed by atoms with Crippen LogP contribution in [0.3, 0.4) is 0 Å². The van der Waals surface area contributed by atoms with E-state index < -0.39 is 28.5 Å². The summed E-state index contributed by atoms with van der Waals surface area (Å²) in [7, 11) is -2.65. The van der Waals surface area contributed by atoms with Crippen molar-refractivity contribution in [2.24, 2.45) is 0 Å². The predicted octanol–water partition coefficient (Wildman–Crippen LogP) is 4.84. The second-order valence-electron chi connectivity index (χ2n) is 10.0. The summed E-state index contributed by atoms with van der Waals surface area (Å²) in [5.74, 6) is -0.358. The largest absolute Gasteiger partial charge is 0.497 e. The van der Waals surface area contributed by atoms with E-state index in [1.54, 1.807) is 43.3 Å². The van der Waals surface area contributed by atoms with Crippen LogP contribution in [0.25, 0.3) is 0 Å². The van der Waals surface area contributed by atoms with Gasteiger partial charge in [0.1, 0.15) is 18.3 Å². The highest BCUT2D eigenvalue weighted by Gasteiger charge is 2.33. The fourth-order valence-corrected chi connectivity index (χ4v) is 5.59. The summed E-state index contributed by atoms with van der Waals surface area (Å²) in [6, 6.07) is 19.8. The number of carbonyl (C=O) groups is 2. The van der Waals surface area contributed by atoms with E-state index in [-0.39, 0.29) is 29.1 Å². The second-order valence-corrected chi connectivity index (χ2v) is 11.9. The second kappa shape index (κ2) is 13.5. The third kappa shape index (κ3) is 7.63. The van der Waals surface area contributed by atoms with Gasteiger partial charge in [-0.05, 0) is 63.9 Å². The lowest BCUT2D eigenvalue weighted by atomic mass is 10.1. The third-order valence-corrected chi connectivity index (χ3v) is 8.62. The van der Waals surface area contributed by atoms with Gasteiger partial charge in [0.15, 0.2) is 0 Å². The molecule has 0 spiro atoms. The molecule has 214 valence electrons. The van der Waals surface area contributed by atoms with Gasteiger partial charge in [-0.25, -0.2) is 8.42 Å². The van der Waals surface area contributed by atoms with Crippen LogP contribution in [-0.2, 0) is 26.2 Å². The maximum absolute atomic E-state index is 14.0. The minimum Gasteiger partial charge on any atom is -0.497 e. The number of hydrogen-bond donors (Lipinski definition) is 1. The molecule has 40 heavy (non-hydrogen) atoms. The minimum atomic E-state index is -4.14. The first-order valence-corrected chi connectivity index (χ1v) is 14.8. The Morgan fingerprint density at radius 2 is 1.60 bits per heavy atom. The van der Waals surface area contributed by atoms with Gasteiger partial charge in [0.05, 0.1) is 17.7 Å². The highest BCUT2D eigenvalue weighted by Crippen LogP contribution is 2.28. The van der Waals surface area contributed by atoms with E-state index in [0.717, 1.165) is 27.4 Å². The molecule has 0 saturated heterocycles. The lowest BCUT2D eigenvalue weighted by Gasteiger charge is -2.32. The van der Waals surface area contributed by atoms with E-state index in [4.69, 9.17) is 4.74 Å². The lowest BCUT2D eigenvalue weighted by Crippen LogP contribution is -2.52. The molecule has 8 nitrogen and oxygen atoms in total. The Balaban J connectivity index is 2.05. The molecule has 2 atom stereocenters. The van der Waals surface area contributed by atoms with Gasteiger partial charge in [-0.15, -0.1) is 0 Å². The van der Waals surface area contributed by atoms with Gasteiger partial charge in [0, 0.05) is 18.7 Å². The van der Waals surface area contributed by atoms with Gasteiger partial charge in [0.2, 0.25) is 11.8 Å². The Kier molecular flexibility index (Phi) is 10.3. The lowest BCUT2D eigenvalue weighted by molar-refractivity contribution is -0.139. The first-order valence-electron chi connectivity index (χ1n) is 13.3. The number of nitrogens with zero attached hydrogens (tertiary/aromatic N) is 2. The van der Waals surface area contributed by atoms with E-state index in [1.165, 1.54) is 24.1 Å².